The molecule has 0 atom stereocenters. The summed E-state index contributed by atoms with van der Waals surface area (Å²) in [7, 11) is 0. The Balaban J connectivity index is 0.000000640. The molecule has 1 rings (SSSR count). The zero-order chi connectivity index (χ0) is 6.20. The van der Waals surface area contributed by atoms with Crippen molar-refractivity contribution in [2.24, 2.45) is 5.73 Å². The molecule has 3 N–H and O–H groups in total. The van der Waals surface area contributed by atoms with E-state index in [1.165, 1.54) is 0 Å². The summed E-state index contributed by atoms with van der Waals surface area (Å²) in [6, 6.07) is 0. The van der Waals surface area contributed by atoms with Crippen molar-refractivity contribution in [3.05, 3.63) is 0 Å². The molecule has 1 fully saturated rings. The quantitative estimate of drug-likeness (QED) is 0.570. The van der Waals surface area contributed by atoms with Crippen molar-refractivity contribution in [3.63, 3.8) is 0 Å². The molecule has 0 aromatic carbocycles. The normalized spacial score (nSPS) is 41.0. The minimum absolute atomic E-state index is 0. The van der Waals surface area contributed by atoms with Crippen LogP contribution in [0.4, 0.5) is 4.39 Å². The lowest BCUT2D eigenvalue weighted by molar-refractivity contribution is 0.0478. The molecule has 0 spiro atoms. The second-order valence-corrected chi connectivity index (χ2v) is 2.53. The van der Waals surface area contributed by atoms with E-state index in [2.05, 4.69) is 0 Å². The Labute approximate surface area is 59.6 Å². The largest absolute Gasteiger partial charge is 0.394 e. The molecule has 0 radical (unpaired) electrons. The molecule has 0 aromatic rings. The molecule has 9 heavy (non-hydrogen) atoms. The third-order valence-corrected chi connectivity index (χ3v) is 1.57. The molecule has 56 valence electrons. The highest BCUT2D eigenvalue weighted by Gasteiger charge is 2.40. The number of halogens is 2. The smallest absolute Gasteiger partial charge is 0.104 e. The molecule has 0 unspecified atom stereocenters. The lowest BCUT2D eigenvalue weighted by Gasteiger charge is -2.38. The van der Waals surface area contributed by atoms with Crippen LogP contribution in [0.25, 0.3) is 0 Å². The Morgan fingerprint density at radius 1 is 1.67 bits per heavy atom. The van der Waals surface area contributed by atoms with E-state index in [9.17, 15) is 4.39 Å². The van der Waals surface area contributed by atoms with E-state index >= 15 is 0 Å². The van der Waals surface area contributed by atoms with Gasteiger partial charge in [-0.15, -0.1) is 12.4 Å². The van der Waals surface area contributed by atoms with Crippen molar-refractivity contribution in [1.82, 2.24) is 0 Å². The first-order chi connectivity index (χ1) is 3.66. The summed E-state index contributed by atoms with van der Waals surface area (Å²) in [6.07, 6.45) is -0.125. The van der Waals surface area contributed by atoms with Gasteiger partial charge in [-0.3, -0.25) is 0 Å². The summed E-state index contributed by atoms with van der Waals surface area (Å²) < 4.78 is 12.0. The van der Waals surface area contributed by atoms with E-state index in [1.807, 2.05) is 0 Å². The van der Waals surface area contributed by atoms with Gasteiger partial charge in [0.15, 0.2) is 0 Å². The fourth-order valence-electron chi connectivity index (χ4n) is 0.952. The molecular weight excluding hydrogens is 145 g/mol. The predicted molar refractivity (Wildman–Crippen MR) is 35.4 cm³/mol. The first-order valence-electron chi connectivity index (χ1n) is 2.70. The van der Waals surface area contributed by atoms with Crippen LogP contribution >= 0.6 is 12.4 Å². The fourth-order valence-corrected chi connectivity index (χ4v) is 0.952. The highest BCUT2D eigenvalue weighted by atomic mass is 35.5. The van der Waals surface area contributed by atoms with E-state index in [0.29, 0.717) is 12.8 Å². The van der Waals surface area contributed by atoms with Gasteiger partial charge in [0, 0.05) is 5.54 Å². The molecule has 0 aliphatic heterocycles. The molecule has 0 aromatic heterocycles. The first kappa shape index (κ1) is 9.14. The van der Waals surface area contributed by atoms with Crippen LogP contribution in [-0.4, -0.2) is 23.4 Å². The first-order valence-corrected chi connectivity index (χ1v) is 2.70. The van der Waals surface area contributed by atoms with Gasteiger partial charge in [-0.2, -0.15) is 0 Å². The monoisotopic (exact) mass is 155 g/mol. The number of nitrogens with two attached hydrogens (primary N) is 1. The van der Waals surface area contributed by atoms with E-state index < -0.39 is 11.7 Å². The topological polar surface area (TPSA) is 46.2 Å². The molecule has 0 amide bonds. The minimum Gasteiger partial charge on any atom is -0.394 e. The standard InChI is InChI=1S/C5H10FNO.ClH/c6-4-1-5(7,2-4)3-8;/h4,8H,1-3,7H2;1H. The minimum atomic E-state index is -0.771. The Kier molecular flexibility index (Phi) is 2.86. The molecule has 4 heteroatoms. The summed E-state index contributed by atoms with van der Waals surface area (Å²) in [5.74, 6) is 0. The zero-order valence-electron chi connectivity index (χ0n) is 5.01. The predicted octanol–water partition coefficient (Wildman–Crippen LogP) is 0.230. The maximum Gasteiger partial charge on any atom is 0.104 e. The van der Waals surface area contributed by atoms with Crippen molar-refractivity contribution < 1.29 is 9.50 Å². The lowest BCUT2D eigenvalue weighted by atomic mass is 9.77. The van der Waals surface area contributed by atoms with Crippen LogP contribution in [0.1, 0.15) is 12.8 Å². The van der Waals surface area contributed by atoms with Crippen LogP contribution in [0.2, 0.25) is 0 Å². The van der Waals surface area contributed by atoms with Crippen molar-refractivity contribution in [1.29, 1.82) is 0 Å². The fraction of sp³-hybridized carbons (Fsp3) is 1.00. The third kappa shape index (κ3) is 1.78. The van der Waals surface area contributed by atoms with Gasteiger partial charge in [-0.25, -0.2) is 4.39 Å². The zero-order valence-corrected chi connectivity index (χ0v) is 5.83. The SMILES string of the molecule is Cl.NC1(CO)CC(F)C1. The lowest BCUT2D eigenvalue weighted by Crippen LogP contribution is -2.55. The van der Waals surface area contributed by atoms with Gasteiger partial charge in [0.1, 0.15) is 6.17 Å². The molecule has 2 nitrogen and oxygen atoms in total. The van der Waals surface area contributed by atoms with E-state index in [-0.39, 0.29) is 19.0 Å². The molecule has 1 aliphatic carbocycles. The average molecular weight is 156 g/mol. The van der Waals surface area contributed by atoms with E-state index in [4.69, 9.17) is 10.8 Å². The van der Waals surface area contributed by atoms with Gasteiger partial charge in [0.25, 0.3) is 0 Å². The highest BCUT2D eigenvalue weighted by molar-refractivity contribution is 5.85. The van der Waals surface area contributed by atoms with Crippen molar-refractivity contribution in [2.75, 3.05) is 6.61 Å². The van der Waals surface area contributed by atoms with Gasteiger partial charge in [0.2, 0.25) is 0 Å². The number of rotatable bonds is 1. The van der Waals surface area contributed by atoms with Crippen molar-refractivity contribution in [3.8, 4) is 0 Å². The van der Waals surface area contributed by atoms with Gasteiger partial charge in [-0.05, 0) is 12.8 Å². The summed E-state index contributed by atoms with van der Waals surface area (Å²) in [6.45, 7) is -0.0899. The molecule has 0 bridgehead atoms. The number of alkyl halides is 1. The number of aliphatic hydroxyl groups excluding tert-OH is 1. The van der Waals surface area contributed by atoms with Gasteiger partial charge < -0.3 is 10.8 Å². The molecule has 0 heterocycles. The Hall–Kier alpha value is 0.140. The number of hydrogen-bond acceptors (Lipinski definition) is 2. The molecular formula is C5H11ClFNO. The number of hydrogen-bond donors (Lipinski definition) is 2. The number of aliphatic hydroxyl groups is 1. The van der Waals surface area contributed by atoms with Gasteiger partial charge >= 0.3 is 0 Å². The van der Waals surface area contributed by atoms with Crippen LogP contribution in [0.15, 0.2) is 0 Å². The van der Waals surface area contributed by atoms with Gasteiger partial charge in [0.05, 0.1) is 6.61 Å². The third-order valence-electron chi connectivity index (χ3n) is 1.57. The molecule has 1 aliphatic rings. The summed E-state index contributed by atoms with van der Waals surface area (Å²) in [5, 5.41) is 8.47. The van der Waals surface area contributed by atoms with E-state index in [0.717, 1.165) is 0 Å². The van der Waals surface area contributed by atoms with Crippen LogP contribution in [-0.2, 0) is 0 Å². The van der Waals surface area contributed by atoms with Gasteiger partial charge in [-0.1, -0.05) is 0 Å². The van der Waals surface area contributed by atoms with Crippen LogP contribution < -0.4 is 5.73 Å². The maximum absolute atomic E-state index is 12.0. The van der Waals surface area contributed by atoms with Crippen LogP contribution in [0.3, 0.4) is 0 Å². The summed E-state index contributed by atoms with van der Waals surface area (Å²) in [5.41, 5.74) is 4.82. The molecule has 0 saturated heterocycles. The van der Waals surface area contributed by atoms with Crippen molar-refractivity contribution in [2.45, 2.75) is 24.6 Å². The highest BCUT2D eigenvalue weighted by Crippen LogP contribution is 2.31. The van der Waals surface area contributed by atoms with E-state index in [1.54, 1.807) is 0 Å². The second kappa shape index (κ2) is 2.82. The summed E-state index contributed by atoms with van der Waals surface area (Å²) >= 11 is 0. The maximum atomic E-state index is 12.0. The van der Waals surface area contributed by atoms with Crippen LogP contribution in [0, 0.1) is 0 Å². The summed E-state index contributed by atoms with van der Waals surface area (Å²) in [4.78, 5) is 0. The molecule has 1 saturated carbocycles. The Morgan fingerprint density at radius 2 is 2.11 bits per heavy atom. The Bertz CT molecular complexity index is 95.0. The van der Waals surface area contributed by atoms with Crippen LogP contribution in [0.5, 0.6) is 0 Å². The van der Waals surface area contributed by atoms with Crippen molar-refractivity contribution >= 4 is 12.4 Å². The Morgan fingerprint density at radius 3 is 2.22 bits per heavy atom. The second-order valence-electron chi connectivity index (χ2n) is 2.53. The average Bonchev–Trinajstić information content (AvgIpc) is 1.63.